The third kappa shape index (κ3) is 19.7. The molecule has 0 amide bonds. The largest absolute Gasteiger partial charge is 0.388 e. The fraction of sp³-hybridized carbons (Fsp3) is 0.286. The summed E-state index contributed by atoms with van der Waals surface area (Å²) in [6.07, 6.45) is 10.0. The Hall–Kier alpha value is -0.986. The third-order valence-corrected chi connectivity index (χ3v) is 3.82. The summed E-state index contributed by atoms with van der Waals surface area (Å²) in [4.78, 5) is 0. The molecule has 0 radical (unpaired) electrons. The van der Waals surface area contributed by atoms with Crippen LogP contribution in [-0.2, 0) is 21.7 Å². The Bertz CT molecular complexity index is 591. The van der Waals surface area contributed by atoms with Gasteiger partial charge in [0.05, 0.1) is 0 Å². The molecule has 0 atom stereocenters. The number of para-hydroxylation sites is 1. The second kappa shape index (κ2) is 30.0. The van der Waals surface area contributed by atoms with E-state index in [0.29, 0.717) is 11.8 Å². The summed E-state index contributed by atoms with van der Waals surface area (Å²) in [7, 11) is 2.01. The SMILES string of the molecule is CNc1c(C(C)C)cccc1C(C)C.Cl.Cl.[C-]1=CC=CC1.[CH3-].[CH3-].[CH3-].[CH3-].[Ti].[c-]1ccccc1. The molecule has 0 heterocycles. The summed E-state index contributed by atoms with van der Waals surface area (Å²) in [5, 5.41) is 3.33. The van der Waals surface area contributed by atoms with Gasteiger partial charge in [0, 0.05) is 34.5 Å². The molecule has 0 saturated carbocycles. The number of hydrogen-bond donors (Lipinski definition) is 1. The Morgan fingerprint density at radius 1 is 0.781 bits per heavy atom. The first-order valence-electron chi connectivity index (χ1n) is 9.01. The van der Waals surface area contributed by atoms with Crippen molar-refractivity contribution in [3.8, 4) is 0 Å². The van der Waals surface area contributed by atoms with Crippen LogP contribution in [0.3, 0.4) is 0 Å². The Morgan fingerprint density at radius 2 is 1.25 bits per heavy atom. The first-order valence-corrected chi connectivity index (χ1v) is 9.01. The fourth-order valence-electron chi connectivity index (χ4n) is 2.52. The first kappa shape index (κ1) is 48.4. The van der Waals surface area contributed by atoms with Crippen molar-refractivity contribution < 1.29 is 21.7 Å². The summed E-state index contributed by atoms with van der Waals surface area (Å²) in [6, 6.07) is 19.1. The van der Waals surface area contributed by atoms with Crippen LogP contribution in [0.1, 0.15) is 57.1 Å². The van der Waals surface area contributed by atoms with E-state index in [0.717, 1.165) is 6.42 Å². The zero-order chi connectivity index (χ0) is 18.5. The zero-order valence-corrected chi connectivity index (χ0v) is 24.7. The Kier molecular flexibility index (Phi) is 45.4. The molecule has 0 unspecified atom stereocenters. The number of rotatable bonds is 3. The van der Waals surface area contributed by atoms with E-state index in [4.69, 9.17) is 0 Å². The van der Waals surface area contributed by atoms with Crippen molar-refractivity contribution >= 4 is 30.5 Å². The number of benzene rings is 2. The van der Waals surface area contributed by atoms with Gasteiger partial charge in [-0.25, -0.2) is 12.2 Å². The van der Waals surface area contributed by atoms with Crippen LogP contribution in [0.25, 0.3) is 0 Å². The van der Waals surface area contributed by atoms with E-state index in [1.807, 2.05) is 49.5 Å². The van der Waals surface area contributed by atoms with Crippen molar-refractivity contribution in [3.63, 3.8) is 0 Å². The van der Waals surface area contributed by atoms with Crippen molar-refractivity contribution in [3.05, 3.63) is 120 Å². The van der Waals surface area contributed by atoms with Gasteiger partial charge >= 0.3 is 0 Å². The minimum absolute atomic E-state index is 0. The molecule has 2 aromatic rings. The molecular formula is C28H45Cl2NTi-6. The van der Waals surface area contributed by atoms with Crippen molar-refractivity contribution in [2.45, 2.75) is 46.0 Å². The molecule has 0 fully saturated rings. The summed E-state index contributed by atoms with van der Waals surface area (Å²) in [6.45, 7) is 8.95. The van der Waals surface area contributed by atoms with E-state index in [1.165, 1.54) is 16.8 Å². The predicted molar refractivity (Wildman–Crippen MR) is 151 cm³/mol. The van der Waals surface area contributed by atoms with E-state index in [2.05, 4.69) is 69.4 Å². The molecule has 186 valence electrons. The average molecular weight is 514 g/mol. The monoisotopic (exact) mass is 513 g/mol. The molecule has 32 heavy (non-hydrogen) atoms. The van der Waals surface area contributed by atoms with E-state index < -0.39 is 0 Å². The molecule has 1 N–H and O–H groups in total. The first-order chi connectivity index (χ1) is 12.1. The Morgan fingerprint density at radius 3 is 1.44 bits per heavy atom. The molecule has 0 aromatic heterocycles. The van der Waals surface area contributed by atoms with Crippen LogP contribution in [0.15, 0.2) is 66.8 Å². The van der Waals surface area contributed by atoms with Gasteiger partial charge in [-0.1, -0.05) is 45.9 Å². The quantitative estimate of drug-likeness (QED) is 0.318. The van der Waals surface area contributed by atoms with E-state index >= 15 is 0 Å². The molecule has 0 spiro atoms. The zero-order valence-electron chi connectivity index (χ0n) is 21.5. The van der Waals surface area contributed by atoms with Gasteiger partial charge in [-0.05, 0) is 23.0 Å². The topological polar surface area (TPSA) is 12.0 Å². The summed E-state index contributed by atoms with van der Waals surface area (Å²) >= 11 is 0. The molecule has 1 aliphatic carbocycles. The van der Waals surface area contributed by atoms with E-state index in [9.17, 15) is 0 Å². The molecule has 1 aliphatic rings. The summed E-state index contributed by atoms with van der Waals surface area (Å²) < 4.78 is 0. The maximum Gasteiger partial charge on any atom is 0.0407 e. The maximum atomic E-state index is 3.33. The summed E-state index contributed by atoms with van der Waals surface area (Å²) in [5.74, 6) is 1.16. The number of nitrogens with one attached hydrogen (secondary N) is 1. The van der Waals surface area contributed by atoms with Crippen LogP contribution < -0.4 is 5.32 Å². The van der Waals surface area contributed by atoms with Crippen LogP contribution in [0.2, 0.25) is 0 Å². The maximum absolute atomic E-state index is 3.33. The van der Waals surface area contributed by atoms with Crippen molar-refractivity contribution in [2.75, 3.05) is 12.4 Å². The molecule has 0 bridgehead atoms. The molecule has 1 nitrogen and oxygen atoms in total. The van der Waals surface area contributed by atoms with Gasteiger partial charge in [0.15, 0.2) is 0 Å². The molecule has 0 saturated heterocycles. The van der Waals surface area contributed by atoms with Crippen LogP contribution >= 0.6 is 24.8 Å². The Balaban J connectivity index is -0.0000000597. The third-order valence-electron chi connectivity index (χ3n) is 3.82. The number of halogens is 2. The average Bonchev–Trinajstić information content (AvgIpc) is 3.22. The molecule has 4 heteroatoms. The van der Waals surface area contributed by atoms with Gasteiger partial charge in [-0.2, -0.15) is 42.5 Å². The molecule has 3 rings (SSSR count). The van der Waals surface area contributed by atoms with Crippen molar-refractivity contribution in [1.29, 1.82) is 0 Å². The van der Waals surface area contributed by atoms with E-state index in [-0.39, 0.29) is 76.2 Å². The molecule has 0 aliphatic heterocycles. The van der Waals surface area contributed by atoms with Crippen LogP contribution in [0, 0.1) is 41.8 Å². The van der Waals surface area contributed by atoms with Gasteiger partial charge in [-0.3, -0.25) is 6.08 Å². The van der Waals surface area contributed by atoms with Gasteiger partial charge in [0.1, 0.15) is 0 Å². The fourth-order valence-corrected chi connectivity index (χ4v) is 2.52. The smallest absolute Gasteiger partial charge is 0.0407 e. The minimum atomic E-state index is 0. The minimum Gasteiger partial charge on any atom is -0.388 e. The standard InChI is InChI=1S/C13H21N.C6H5.C5H5.4CH3.2ClH.Ti/c1-9(2)11-7-6-8-12(10(3)4)13(11)14-5;1-2-4-6-5-3-1;1-2-4-5-3-1;;;;;;;/h6-10,14H,1-5H3;1-5H;1-3H,4H2;4*1H3;2*1H;/q;6*-1;;;. The van der Waals surface area contributed by atoms with Crippen molar-refractivity contribution in [2.24, 2.45) is 0 Å². The van der Waals surface area contributed by atoms with Gasteiger partial charge in [0.2, 0.25) is 0 Å². The number of anilines is 1. The number of hydrogen-bond acceptors (Lipinski definition) is 1. The summed E-state index contributed by atoms with van der Waals surface area (Å²) in [5.41, 5.74) is 4.15. The second-order valence-electron chi connectivity index (χ2n) is 6.45. The van der Waals surface area contributed by atoms with Gasteiger partial charge in [-0.15, -0.1) is 31.2 Å². The van der Waals surface area contributed by atoms with Crippen LogP contribution in [0.5, 0.6) is 0 Å². The second-order valence-corrected chi connectivity index (χ2v) is 6.45. The number of allylic oxidation sites excluding steroid dienone is 4. The predicted octanol–water partition coefficient (Wildman–Crippen LogP) is 9.41. The van der Waals surface area contributed by atoms with Crippen LogP contribution in [-0.4, -0.2) is 7.05 Å². The van der Waals surface area contributed by atoms with Gasteiger partial charge in [0.25, 0.3) is 0 Å². The Labute approximate surface area is 229 Å². The molecule has 2 aromatic carbocycles. The van der Waals surface area contributed by atoms with E-state index in [1.54, 1.807) is 0 Å². The normalized spacial score (nSPS) is 9.09. The van der Waals surface area contributed by atoms with Crippen molar-refractivity contribution in [1.82, 2.24) is 0 Å². The van der Waals surface area contributed by atoms with Crippen LogP contribution in [0.4, 0.5) is 5.69 Å². The van der Waals surface area contributed by atoms with Gasteiger partial charge < -0.3 is 35.0 Å². The molecular weight excluding hydrogens is 469 g/mol.